The lowest BCUT2D eigenvalue weighted by molar-refractivity contribution is -0.374. The smallest absolute Gasteiger partial charge is 0.325 e. The number of aromatic nitrogens is 3. The molecule has 3 N–H and O–H groups in total. The normalized spacial score (nSPS) is 11.8. The number of hydrogen-bond donors (Lipinski definition) is 3. The lowest BCUT2D eigenvalue weighted by atomic mass is 9.97. The molecule has 3 aromatic rings. The molecule has 34 heavy (non-hydrogen) atoms. The minimum atomic E-state index is -3.73. The van der Waals surface area contributed by atoms with Crippen molar-refractivity contribution < 1.29 is 28.5 Å². The molecule has 0 spiro atoms. The van der Waals surface area contributed by atoms with Gasteiger partial charge in [-0.1, -0.05) is 12.0 Å². The first kappa shape index (κ1) is 24.7. The average Bonchev–Trinajstić information content (AvgIpc) is 2.75. The number of aliphatic hydroxyl groups is 3. The molecule has 0 amide bonds. The quantitative estimate of drug-likeness (QED) is 0.377. The highest BCUT2D eigenvalue weighted by molar-refractivity contribution is 5.92. The Balaban J connectivity index is 2.29. The predicted molar refractivity (Wildman–Crippen MR) is 114 cm³/mol. The van der Waals surface area contributed by atoms with Gasteiger partial charge >= 0.3 is 11.8 Å². The summed E-state index contributed by atoms with van der Waals surface area (Å²) in [6.45, 7) is 2.12. The van der Waals surface area contributed by atoms with E-state index in [0.29, 0.717) is 0 Å². The summed E-state index contributed by atoms with van der Waals surface area (Å²) < 4.78 is 41.9. The average molecular weight is 473 g/mol. The third-order valence-electron chi connectivity index (χ3n) is 4.56. The number of hydrogen-bond acceptors (Lipinski definition) is 8. The van der Waals surface area contributed by atoms with Crippen LogP contribution in [0.25, 0.3) is 10.9 Å². The van der Waals surface area contributed by atoms with Gasteiger partial charge in [-0.25, -0.2) is 27.5 Å². The van der Waals surface area contributed by atoms with E-state index < -0.39 is 52.7 Å². The first-order valence-corrected chi connectivity index (χ1v) is 9.69. The second-order valence-corrected chi connectivity index (χ2v) is 7.68. The highest BCUT2D eigenvalue weighted by Gasteiger charge is 2.30. The van der Waals surface area contributed by atoms with E-state index in [1.165, 1.54) is 18.3 Å². The maximum absolute atomic E-state index is 14.9. The number of benzene rings is 1. The fourth-order valence-electron chi connectivity index (χ4n) is 3.06. The van der Waals surface area contributed by atoms with Crippen molar-refractivity contribution in [2.75, 3.05) is 11.4 Å². The third-order valence-corrected chi connectivity index (χ3v) is 4.56. The number of rotatable bonds is 5. The SMILES string of the molecule is CC(C)(C#N)C#Cc1cc(N(CC(F)F)c2nc(=O)n(C(O)(O)O)c3cccc(F)c23)ccn1. The molecule has 0 fully saturated rings. The van der Waals surface area contributed by atoms with Crippen molar-refractivity contribution in [1.82, 2.24) is 14.5 Å². The van der Waals surface area contributed by atoms with Gasteiger partial charge in [-0.05, 0) is 44.0 Å². The van der Waals surface area contributed by atoms with E-state index in [1.807, 2.05) is 6.07 Å². The molecule has 3 rings (SSSR count). The van der Waals surface area contributed by atoms with Crippen molar-refractivity contribution in [3.05, 3.63) is 58.5 Å². The monoisotopic (exact) mass is 473 g/mol. The number of nitriles is 1. The Kier molecular flexibility index (Phi) is 6.61. The van der Waals surface area contributed by atoms with Gasteiger partial charge in [0.25, 0.3) is 6.43 Å². The van der Waals surface area contributed by atoms with Crippen LogP contribution in [0, 0.1) is 34.4 Å². The molecule has 2 aromatic heterocycles. The lowest BCUT2D eigenvalue weighted by Crippen LogP contribution is -2.43. The topological polar surface area (TPSA) is 136 Å². The zero-order chi connectivity index (χ0) is 25.3. The van der Waals surface area contributed by atoms with Crippen LogP contribution in [0.15, 0.2) is 41.3 Å². The summed E-state index contributed by atoms with van der Waals surface area (Å²) in [5, 5.41) is 37.3. The summed E-state index contributed by atoms with van der Waals surface area (Å²) in [5.41, 5.74) is -2.82. The van der Waals surface area contributed by atoms with Crippen molar-refractivity contribution in [3.63, 3.8) is 0 Å². The van der Waals surface area contributed by atoms with Crippen molar-refractivity contribution in [1.29, 1.82) is 5.26 Å². The Morgan fingerprint density at radius 3 is 2.56 bits per heavy atom. The summed E-state index contributed by atoms with van der Waals surface area (Å²) >= 11 is 0. The third kappa shape index (κ3) is 5.15. The Bertz CT molecular complexity index is 1400. The molecule has 0 aliphatic carbocycles. The van der Waals surface area contributed by atoms with Gasteiger partial charge in [-0.3, -0.25) is 0 Å². The summed E-state index contributed by atoms with van der Waals surface area (Å²) in [4.78, 5) is 20.9. The van der Waals surface area contributed by atoms with Gasteiger partial charge in [-0.15, -0.1) is 0 Å². The maximum Gasteiger partial charge on any atom is 0.377 e. The summed E-state index contributed by atoms with van der Waals surface area (Å²) in [5.74, 6) is 3.78. The molecule has 1 aromatic carbocycles. The second kappa shape index (κ2) is 9.11. The van der Waals surface area contributed by atoms with E-state index in [1.54, 1.807) is 13.8 Å². The Morgan fingerprint density at radius 2 is 1.94 bits per heavy atom. The van der Waals surface area contributed by atoms with Crippen molar-refractivity contribution in [3.8, 4) is 17.9 Å². The maximum atomic E-state index is 14.9. The van der Waals surface area contributed by atoms with Gasteiger partial charge in [-0.2, -0.15) is 10.2 Å². The zero-order valence-corrected chi connectivity index (χ0v) is 17.9. The number of alkyl halides is 2. The predicted octanol–water partition coefficient (Wildman–Crippen LogP) is 1.78. The van der Waals surface area contributed by atoms with Crippen molar-refractivity contribution >= 4 is 22.4 Å². The van der Waals surface area contributed by atoms with Crippen LogP contribution >= 0.6 is 0 Å². The van der Waals surface area contributed by atoms with E-state index in [-0.39, 0.29) is 15.9 Å². The number of nitrogens with zero attached hydrogens (tertiary/aromatic N) is 5. The summed E-state index contributed by atoms with van der Waals surface area (Å²) in [7, 11) is 0. The van der Waals surface area contributed by atoms with Crippen LogP contribution in [0.3, 0.4) is 0 Å². The molecule has 0 aliphatic rings. The molecule has 12 heteroatoms. The van der Waals surface area contributed by atoms with Crippen LogP contribution in [-0.4, -0.2) is 42.8 Å². The van der Waals surface area contributed by atoms with Crippen LogP contribution in [0.4, 0.5) is 24.7 Å². The molecule has 0 bridgehead atoms. The molecule has 0 aliphatic heterocycles. The Morgan fingerprint density at radius 1 is 1.24 bits per heavy atom. The Labute approximate surface area is 191 Å². The van der Waals surface area contributed by atoms with Crippen LogP contribution in [-0.2, 0) is 6.10 Å². The van der Waals surface area contributed by atoms with E-state index in [2.05, 4.69) is 21.8 Å². The van der Waals surface area contributed by atoms with E-state index in [9.17, 15) is 33.3 Å². The van der Waals surface area contributed by atoms with Crippen molar-refractivity contribution in [2.24, 2.45) is 5.41 Å². The highest BCUT2D eigenvalue weighted by atomic mass is 19.3. The highest BCUT2D eigenvalue weighted by Crippen LogP contribution is 2.32. The number of halogens is 3. The minimum Gasteiger partial charge on any atom is -0.325 e. The van der Waals surface area contributed by atoms with E-state index >= 15 is 0 Å². The van der Waals surface area contributed by atoms with Gasteiger partial charge in [0, 0.05) is 11.9 Å². The molecular formula is C22H18F3N5O4. The van der Waals surface area contributed by atoms with Crippen LogP contribution < -0.4 is 10.6 Å². The molecule has 0 saturated carbocycles. The lowest BCUT2D eigenvalue weighted by Gasteiger charge is -2.27. The molecule has 0 radical (unpaired) electrons. The first-order valence-electron chi connectivity index (χ1n) is 9.69. The van der Waals surface area contributed by atoms with Gasteiger partial charge in [0.15, 0.2) is 5.82 Å². The fraction of sp³-hybridized carbons (Fsp3) is 0.273. The van der Waals surface area contributed by atoms with Crippen LogP contribution in [0.5, 0.6) is 0 Å². The minimum absolute atomic E-state index is 0.00287. The largest absolute Gasteiger partial charge is 0.377 e. The summed E-state index contributed by atoms with van der Waals surface area (Å²) in [6.07, 6.45) is -5.44. The fourth-order valence-corrected chi connectivity index (χ4v) is 3.06. The van der Waals surface area contributed by atoms with Gasteiger partial charge in [0.1, 0.15) is 16.9 Å². The first-order chi connectivity index (χ1) is 15.8. The zero-order valence-electron chi connectivity index (χ0n) is 17.9. The standard InChI is InChI=1S/C22H18F3N5O4/c1-21(2,12-26)8-6-13-10-14(7-9-27-13)29(11-17(24)25)19-18-15(23)4-3-5-16(18)30(20(31)28-19)22(32,33)34/h3-5,7,9-10,17,32-34H,11H2,1-2H3. The summed E-state index contributed by atoms with van der Waals surface area (Å²) in [6, 6.07) is 7.73. The Hall–Kier alpha value is -3.97. The van der Waals surface area contributed by atoms with Crippen LogP contribution in [0.1, 0.15) is 19.5 Å². The van der Waals surface area contributed by atoms with E-state index in [4.69, 9.17) is 5.26 Å². The van der Waals surface area contributed by atoms with Crippen LogP contribution in [0.2, 0.25) is 0 Å². The number of anilines is 2. The van der Waals surface area contributed by atoms with Gasteiger partial charge in [0.2, 0.25) is 0 Å². The van der Waals surface area contributed by atoms with Gasteiger partial charge < -0.3 is 20.2 Å². The van der Waals surface area contributed by atoms with Crippen molar-refractivity contribution in [2.45, 2.75) is 26.4 Å². The molecule has 0 unspecified atom stereocenters. The number of fused-ring (bicyclic) bond motifs is 1. The molecule has 0 atom stereocenters. The van der Waals surface area contributed by atoms with Gasteiger partial charge in [0.05, 0.1) is 23.5 Å². The molecule has 0 saturated heterocycles. The second-order valence-electron chi connectivity index (χ2n) is 7.68. The molecule has 176 valence electrons. The molecule has 2 heterocycles. The number of pyridine rings is 1. The molecule has 9 nitrogen and oxygen atoms in total. The molecular weight excluding hydrogens is 455 g/mol. The van der Waals surface area contributed by atoms with E-state index in [0.717, 1.165) is 23.1 Å².